The zero-order valence-electron chi connectivity index (χ0n) is 15.2. The number of rotatable bonds is 5. The van der Waals surface area contributed by atoms with Crippen molar-refractivity contribution in [3.63, 3.8) is 0 Å². The van der Waals surface area contributed by atoms with Crippen LogP contribution in [-0.2, 0) is 16.1 Å². The van der Waals surface area contributed by atoms with E-state index in [-0.39, 0.29) is 11.8 Å². The van der Waals surface area contributed by atoms with Gasteiger partial charge in [0.05, 0.1) is 12.2 Å². The monoisotopic (exact) mass is 355 g/mol. The molecule has 0 spiro atoms. The fourth-order valence-electron chi connectivity index (χ4n) is 3.36. The highest BCUT2D eigenvalue weighted by atomic mass is 16.2. The molecule has 1 aromatic heterocycles. The third-order valence-electron chi connectivity index (χ3n) is 4.56. The first-order chi connectivity index (χ1) is 12.5. The van der Waals surface area contributed by atoms with Gasteiger partial charge in [-0.05, 0) is 30.5 Å². The average molecular weight is 355 g/mol. The second kappa shape index (κ2) is 8.14. The number of benzene rings is 1. The molecule has 2 amide bonds. The van der Waals surface area contributed by atoms with Crippen LogP contribution < -0.4 is 10.6 Å². The van der Waals surface area contributed by atoms with Gasteiger partial charge in [-0.1, -0.05) is 12.1 Å². The number of carbonyl (C=O) groups is 2. The Kier molecular flexibility index (Phi) is 5.68. The second-order valence-electron chi connectivity index (χ2n) is 6.73. The summed E-state index contributed by atoms with van der Waals surface area (Å²) in [6, 6.07) is 10.1. The van der Waals surface area contributed by atoms with Crippen LogP contribution in [-0.4, -0.2) is 39.6 Å². The minimum atomic E-state index is -0.0769. The Morgan fingerprint density at radius 1 is 1.04 bits per heavy atom. The highest BCUT2D eigenvalue weighted by Crippen LogP contribution is 2.26. The fraction of sp³-hybridized carbons (Fsp3) is 0.421. The summed E-state index contributed by atoms with van der Waals surface area (Å²) in [6.07, 6.45) is 3.73. The molecule has 0 unspecified atom stereocenters. The molecule has 0 saturated carbocycles. The van der Waals surface area contributed by atoms with Gasteiger partial charge in [-0.2, -0.15) is 5.10 Å². The molecule has 1 aliphatic heterocycles. The van der Waals surface area contributed by atoms with Gasteiger partial charge >= 0.3 is 0 Å². The fourth-order valence-corrected chi connectivity index (χ4v) is 3.36. The SMILES string of the molecule is CC(=O)Nc1ccc(CN2CCC(n3nccc3NC(C)=O)CC2)cc1. The van der Waals surface area contributed by atoms with Gasteiger partial charge in [-0.3, -0.25) is 14.5 Å². The van der Waals surface area contributed by atoms with Crippen molar-refractivity contribution < 1.29 is 9.59 Å². The Bertz CT molecular complexity index is 760. The number of anilines is 2. The van der Waals surface area contributed by atoms with E-state index >= 15 is 0 Å². The summed E-state index contributed by atoms with van der Waals surface area (Å²) in [5.74, 6) is 0.633. The molecule has 0 aliphatic carbocycles. The highest BCUT2D eigenvalue weighted by Gasteiger charge is 2.23. The molecule has 0 atom stereocenters. The second-order valence-corrected chi connectivity index (χ2v) is 6.73. The molecule has 138 valence electrons. The van der Waals surface area contributed by atoms with Crippen LogP contribution >= 0.6 is 0 Å². The number of amides is 2. The molecule has 1 fully saturated rings. The minimum Gasteiger partial charge on any atom is -0.326 e. The first-order valence-corrected chi connectivity index (χ1v) is 8.91. The Balaban J connectivity index is 1.53. The Hall–Kier alpha value is -2.67. The number of carbonyl (C=O) groups excluding carboxylic acids is 2. The molecule has 7 nitrogen and oxygen atoms in total. The zero-order chi connectivity index (χ0) is 18.5. The van der Waals surface area contributed by atoms with Crippen molar-refractivity contribution in [2.75, 3.05) is 23.7 Å². The van der Waals surface area contributed by atoms with Gasteiger partial charge in [0.2, 0.25) is 11.8 Å². The lowest BCUT2D eigenvalue weighted by Crippen LogP contribution is -2.34. The maximum absolute atomic E-state index is 11.3. The maximum atomic E-state index is 11.3. The van der Waals surface area contributed by atoms with Crippen LogP contribution in [0, 0.1) is 0 Å². The van der Waals surface area contributed by atoms with E-state index < -0.39 is 0 Å². The van der Waals surface area contributed by atoms with E-state index in [0.717, 1.165) is 44.0 Å². The van der Waals surface area contributed by atoms with Gasteiger partial charge in [0.25, 0.3) is 0 Å². The molecular weight excluding hydrogens is 330 g/mol. The smallest absolute Gasteiger partial charge is 0.222 e. The largest absolute Gasteiger partial charge is 0.326 e. The molecule has 2 heterocycles. The number of hydrogen-bond acceptors (Lipinski definition) is 4. The summed E-state index contributed by atoms with van der Waals surface area (Å²) in [4.78, 5) is 24.8. The molecular formula is C19H25N5O2. The van der Waals surface area contributed by atoms with Crippen LogP contribution in [0.25, 0.3) is 0 Å². The molecule has 7 heteroatoms. The molecule has 2 aromatic rings. The number of piperidine rings is 1. The zero-order valence-corrected chi connectivity index (χ0v) is 15.2. The normalized spacial score (nSPS) is 15.6. The number of nitrogens with zero attached hydrogens (tertiary/aromatic N) is 3. The standard InChI is InChI=1S/C19H25N5O2/c1-14(25)21-17-5-3-16(4-6-17)13-23-11-8-18(9-12-23)24-19(7-10-20-24)22-15(2)26/h3-7,10,18H,8-9,11-13H2,1-2H3,(H,21,25)(H,22,26). The van der Waals surface area contributed by atoms with Crippen LogP contribution in [0.5, 0.6) is 0 Å². The number of likely N-dealkylation sites (tertiary alicyclic amines) is 1. The summed E-state index contributed by atoms with van der Waals surface area (Å²) in [5, 5.41) is 10.0. The Morgan fingerprint density at radius 2 is 1.69 bits per heavy atom. The van der Waals surface area contributed by atoms with Crippen molar-refractivity contribution in [3.8, 4) is 0 Å². The molecule has 26 heavy (non-hydrogen) atoms. The van der Waals surface area contributed by atoms with Crippen LogP contribution in [0.1, 0.15) is 38.3 Å². The van der Waals surface area contributed by atoms with Crippen LogP contribution in [0.15, 0.2) is 36.5 Å². The third kappa shape index (κ3) is 4.70. The summed E-state index contributed by atoms with van der Waals surface area (Å²) in [5.41, 5.74) is 2.06. The Labute approximate surface area is 153 Å². The average Bonchev–Trinajstić information content (AvgIpc) is 3.04. The predicted molar refractivity (Wildman–Crippen MR) is 101 cm³/mol. The molecule has 2 N–H and O–H groups in total. The van der Waals surface area contributed by atoms with Crippen molar-refractivity contribution in [3.05, 3.63) is 42.1 Å². The van der Waals surface area contributed by atoms with Gasteiger partial charge < -0.3 is 10.6 Å². The van der Waals surface area contributed by atoms with E-state index in [1.54, 1.807) is 6.20 Å². The molecule has 1 aromatic carbocycles. The van der Waals surface area contributed by atoms with Gasteiger partial charge in [0.1, 0.15) is 5.82 Å². The molecule has 0 radical (unpaired) electrons. The minimum absolute atomic E-state index is 0.0583. The van der Waals surface area contributed by atoms with Crippen molar-refractivity contribution in [1.29, 1.82) is 0 Å². The first-order valence-electron chi connectivity index (χ1n) is 8.91. The van der Waals surface area contributed by atoms with E-state index in [4.69, 9.17) is 0 Å². The lowest BCUT2D eigenvalue weighted by atomic mass is 10.0. The summed E-state index contributed by atoms with van der Waals surface area (Å²) < 4.78 is 1.93. The van der Waals surface area contributed by atoms with E-state index in [0.29, 0.717) is 6.04 Å². The number of nitrogens with one attached hydrogen (secondary N) is 2. The lowest BCUT2D eigenvalue weighted by Gasteiger charge is -2.32. The summed E-state index contributed by atoms with van der Waals surface area (Å²) in [7, 11) is 0. The lowest BCUT2D eigenvalue weighted by molar-refractivity contribution is -0.115. The van der Waals surface area contributed by atoms with Crippen molar-refractivity contribution in [2.45, 2.75) is 39.3 Å². The highest BCUT2D eigenvalue weighted by molar-refractivity contribution is 5.88. The van der Waals surface area contributed by atoms with E-state index in [2.05, 4.69) is 32.8 Å². The van der Waals surface area contributed by atoms with Gasteiger partial charge in [0, 0.05) is 45.2 Å². The maximum Gasteiger partial charge on any atom is 0.222 e. The molecule has 1 aliphatic rings. The third-order valence-corrected chi connectivity index (χ3v) is 4.56. The van der Waals surface area contributed by atoms with Gasteiger partial charge in [0.15, 0.2) is 0 Å². The van der Waals surface area contributed by atoms with E-state index in [9.17, 15) is 9.59 Å². The summed E-state index contributed by atoms with van der Waals surface area (Å²) in [6.45, 7) is 5.88. The topological polar surface area (TPSA) is 79.3 Å². The number of hydrogen-bond donors (Lipinski definition) is 2. The van der Waals surface area contributed by atoms with E-state index in [1.807, 2.05) is 22.9 Å². The van der Waals surface area contributed by atoms with Crippen LogP contribution in [0.4, 0.5) is 11.5 Å². The quantitative estimate of drug-likeness (QED) is 0.864. The molecule has 1 saturated heterocycles. The van der Waals surface area contributed by atoms with Crippen molar-refractivity contribution in [1.82, 2.24) is 14.7 Å². The van der Waals surface area contributed by atoms with Crippen molar-refractivity contribution in [2.24, 2.45) is 0 Å². The van der Waals surface area contributed by atoms with Gasteiger partial charge in [-0.25, -0.2) is 4.68 Å². The van der Waals surface area contributed by atoms with Gasteiger partial charge in [-0.15, -0.1) is 0 Å². The first kappa shape index (κ1) is 18.1. The van der Waals surface area contributed by atoms with Crippen molar-refractivity contribution >= 4 is 23.3 Å². The summed E-state index contributed by atoms with van der Waals surface area (Å²) >= 11 is 0. The predicted octanol–water partition coefficient (Wildman–Crippen LogP) is 2.64. The Morgan fingerprint density at radius 3 is 2.31 bits per heavy atom. The molecule has 0 bridgehead atoms. The molecule has 3 rings (SSSR count). The van der Waals surface area contributed by atoms with E-state index in [1.165, 1.54) is 19.4 Å². The number of aromatic nitrogens is 2. The van der Waals surface area contributed by atoms with Crippen LogP contribution in [0.2, 0.25) is 0 Å². The van der Waals surface area contributed by atoms with Crippen LogP contribution in [0.3, 0.4) is 0 Å².